The van der Waals surface area contributed by atoms with E-state index in [1.165, 1.54) is 5.01 Å². The molecule has 0 amide bonds. The summed E-state index contributed by atoms with van der Waals surface area (Å²) >= 11 is 0. The molecule has 6 N–H and O–H groups in total. The summed E-state index contributed by atoms with van der Waals surface area (Å²) < 4.78 is 33.8. The van der Waals surface area contributed by atoms with Crippen LogP contribution in [0, 0.1) is 11.6 Å². The third-order valence-corrected chi connectivity index (χ3v) is 5.71. The van der Waals surface area contributed by atoms with Gasteiger partial charge in [-0.3, -0.25) is 9.91 Å². The number of benzene rings is 1. The van der Waals surface area contributed by atoms with E-state index in [0.717, 1.165) is 23.9 Å². The Bertz CT molecular complexity index is 904. The van der Waals surface area contributed by atoms with Crippen LogP contribution in [0.1, 0.15) is 31.9 Å². The fraction of sp³-hybridized carbons (Fsp3) is 0.524. The van der Waals surface area contributed by atoms with Crippen LogP contribution in [-0.2, 0) is 4.74 Å². The van der Waals surface area contributed by atoms with Crippen molar-refractivity contribution in [2.24, 2.45) is 27.5 Å². The summed E-state index contributed by atoms with van der Waals surface area (Å²) in [6.07, 6.45) is -0.195. The predicted octanol–water partition coefficient (Wildman–Crippen LogP) is 1.10. The molecule has 0 aromatic heterocycles. The molecule has 1 aromatic rings. The second kappa shape index (κ2) is 9.90. The first-order chi connectivity index (χ1) is 15.1. The van der Waals surface area contributed by atoms with Crippen LogP contribution >= 0.6 is 0 Å². The molecule has 0 bridgehead atoms. The van der Waals surface area contributed by atoms with E-state index in [1.54, 1.807) is 7.05 Å². The average molecular weight is 451 g/mol. The lowest BCUT2D eigenvalue weighted by atomic mass is 9.93. The first-order valence-electron chi connectivity index (χ1n) is 10.5. The van der Waals surface area contributed by atoms with E-state index in [0.29, 0.717) is 37.9 Å². The maximum atomic E-state index is 14.2. The van der Waals surface area contributed by atoms with Crippen molar-refractivity contribution in [1.82, 2.24) is 14.8 Å². The zero-order valence-electron chi connectivity index (χ0n) is 18.7. The molecule has 1 aromatic carbocycles. The van der Waals surface area contributed by atoms with Crippen molar-refractivity contribution in [3.63, 3.8) is 0 Å². The molecule has 2 aliphatic rings. The number of hydrazine groups is 1. The molecule has 0 aliphatic carbocycles. The SMILES string of the molecule is C=C1CN(C2CO[C@H](c3cc(F)ccc3F)C(N)C2)CN=C(/C(=N/N)N(C)N)N1C(C)C. The zero-order valence-corrected chi connectivity index (χ0v) is 18.7. The minimum absolute atomic E-state index is 0.0445. The van der Waals surface area contributed by atoms with Crippen LogP contribution in [0.5, 0.6) is 0 Å². The van der Waals surface area contributed by atoms with E-state index in [-0.39, 0.29) is 17.6 Å². The number of hydrogen-bond donors (Lipinski definition) is 3. The van der Waals surface area contributed by atoms with Gasteiger partial charge in [-0.05, 0) is 38.5 Å². The summed E-state index contributed by atoms with van der Waals surface area (Å²) in [5.74, 6) is 11.3. The highest BCUT2D eigenvalue weighted by atomic mass is 19.1. The van der Waals surface area contributed by atoms with Gasteiger partial charge in [0.05, 0.1) is 13.3 Å². The Kier molecular flexibility index (Phi) is 7.44. The second-order valence-corrected chi connectivity index (χ2v) is 8.44. The molecule has 2 unspecified atom stereocenters. The van der Waals surface area contributed by atoms with Gasteiger partial charge in [0.2, 0.25) is 5.84 Å². The van der Waals surface area contributed by atoms with Gasteiger partial charge < -0.3 is 21.2 Å². The lowest BCUT2D eigenvalue weighted by Crippen LogP contribution is -2.50. The van der Waals surface area contributed by atoms with E-state index < -0.39 is 23.8 Å². The topological polar surface area (TPSA) is 122 Å². The monoisotopic (exact) mass is 450 g/mol. The van der Waals surface area contributed by atoms with Crippen LogP contribution in [-0.4, -0.2) is 71.5 Å². The Balaban J connectivity index is 1.80. The lowest BCUT2D eigenvalue weighted by molar-refractivity contribution is -0.0495. The van der Waals surface area contributed by atoms with Crippen LogP contribution in [0.15, 0.2) is 40.6 Å². The number of nitrogens with zero attached hydrogens (tertiary/aromatic N) is 5. The number of rotatable bonds is 4. The van der Waals surface area contributed by atoms with Gasteiger partial charge in [0.15, 0.2) is 5.84 Å². The fourth-order valence-electron chi connectivity index (χ4n) is 4.24. The lowest BCUT2D eigenvalue weighted by Gasteiger charge is -2.40. The van der Waals surface area contributed by atoms with Crippen molar-refractivity contribution in [3.8, 4) is 0 Å². The number of ether oxygens (including phenoxy) is 1. The van der Waals surface area contributed by atoms with Crippen LogP contribution < -0.4 is 17.4 Å². The molecule has 3 rings (SSSR count). The van der Waals surface area contributed by atoms with E-state index in [1.807, 2.05) is 18.7 Å². The molecule has 2 heterocycles. The smallest absolute Gasteiger partial charge is 0.204 e. The first-order valence-corrected chi connectivity index (χ1v) is 10.5. The molecule has 176 valence electrons. The Hall–Kier alpha value is -2.60. The van der Waals surface area contributed by atoms with Gasteiger partial charge in [-0.25, -0.2) is 19.6 Å². The van der Waals surface area contributed by atoms with Gasteiger partial charge in [0.25, 0.3) is 0 Å². The Morgan fingerprint density at radius 2 is 2.09 bits per heavy atom. The minimum atomic E-state index is -0.717. The molecule has 0 saturated carbocycles. The fourth-order valence-corrected chi connectivity index (χ4v) is 4.24. The standard InChI is InChI=1S/C21H32F2N8O/c1-12(2)31-13(3)9-30(11-27-20(31)21(28-25)29(4)26)15-8-18(24)19(32-10-15)16-7-14(22)5-6-17(16)23/h5-7,12,15,18-19H,3,8-11,24-26H2,1-2,4H3/b28-21-/t15?,18?,19-/m1/s1. The molecule has 32 heavy (non-hydrogen) atoms. The summed E-state index contributed by atoms with van der Waals surface area (Å²) in [6, 6.07) is 2.76. The largest absolute Gasteiger partial charge is 0.370 e. The molecule has 11 heteroatoms. The van der Waals surface area contributed by atoms with Gasteiger partial charge in [-0.1, -0.05) is 6.58 Å². The number of nitrogens with two attached hydrogens (primary N) is 3. The van der Waals surface area contributed by atoms with Crippen LogP contribution in [0.4, 0.5) is 8.78 Å². The third-order valence-electron chi connectivity index (χ3n) is 5.71. The molecule has 9 nitrogen and oxygen atoms in total. The number of halogens is 2. The maximum Gasteiger partial charge on any atom is 0.204 e. The molecular weight excluding hydrogens is 418 g/mol. The summed E-state index contributed by atoms with van der Waals surface area (Å²) in [4.78, 5) is 8.76. The molecule has 0 spiro atoms. The highest BCUT2D eigenvalue weighted by Gasteiger charge is 2.37. The van der Waals surface area contributed by atoms with Gasteiger partial charge >= 0.3 is 0 Å². The quantitative estimate of drug-likeness (QED) is 0.272. The molecule has 3 atom stereocenters. The maximum absolute atomic E-state index is 14.2. The van der Waals surface area contributed by atoms with Crippen LogP contribution in [0.25, 0.3) is 0 Å². The molecule has 1 saturated heterocycles. The molecule has 0 radical (unpaired) electrons. The first kappa shape index (κ1) is 24.1. The highest BCUT2D eigenvalue weighted by Crippen LogP contribution is 2.32. The van der Waals surface area contributed by atoms with Crippen molar-refractivity contribution in [3.05, 3.63) is 47.7 Å². The van der Waals surface area contributed by atoms with Crippen molar-refractivity contribution < 1.29 is 13.5 Å². The summed E-state index contributed by atoms with van der Waals surface area (Å²) in [5.41, 5.74) is 7.28. The van der Waals surface area contributed by atoms with Crippen molar-refractivity contribution in [1.29, 1.82) is 0 Å². The van der Waals surface area contributed by atoms with Gasteiger partial charge in [0.1, 0.15) is 17.7 Å². The third kappa shape index (κ3) is 4.90. The van der Waals surface area contributed by atoms with E-state index in [4.69, 9.17) is 27.1 Å². The number of amidine groups is 2. The molecule has 2 aliphatic heterocycles. The summed E-state index contributed by atoms with van der Waals surface area (Å²) in [6.45, 7) is 9.39. The van der Waals surface area contributed by atoms with Gasteiger partial charge in [0, 0.05) is 43.0 Å². The Labute approximate surface area is 187 Å². The zero-order chi connectivity index (χ0) is 23.6. The Morgan fingerprint density at radius 1 is 1.38 bits per heavy atom. The van der Waals surface area contributed by atoms with Gasteiger partial charge in [-0.2, -0.15) is 5.10 Å². The predicted molar refractivity (Wildman–Crippen MR) is 120 cm³/mol. The Morgan fingerprint density at radius 3 is 2.69 bits per heavy atom. The molecule has 1 fully saturated rings. The minimum Gasteiger partial charge on any atom is -0.370 e. The number of hydrogen-bond acceptors (Lipinski definition) is 8. The summed E-state index contributed by atoms with van der Waals surface area (Å²) in [7, 11) is 1.64. The van der Waals surface area contributed by atoms with E-state index in [2.05, 4.69) is 16.6 Å². The normalized spacial score (nSPS) is 25.7. The van der Waals surface area contributed by atoms with Gasteiger partial charge in [-0.15, -0.1) is 0 Å². The second-order valence-electron chi connectivity index (χ2n) is 8.44. The number of likely N-dealkylation sites (N-methyl/N-ethyl adjacent to an activating group) is 1. The van der Waals surface area contributed by atoms with Crippen LogP contribution in [0.3, 0.4) is 0 Å². The van der Waals surface area contributed by atoms with Crippen molar-refractivity contribution in [2.45, 2.75) is 44.5 Å². The van der Waals surface area contributed by atoms with Crippen molar-refractivity contribution >= 4 is 11.7 Å². The average Bonchev–Trinajstić information content (AvgIpc) is 2.89. The number of hydrazone groups is 1. The van der Waals surface area contributed by atoms with E-state index in [9.17, 15) is 8.78 Å². The van der Waals surface area contributed by atoms with Crippen molar-refractivity contribution in [2.75, 3.05) is 26.9 Å². The molecular formula is C21H32F2N8O. The highest BCUT2D eigenvalue weighted by molar-refractivity contribution is 6.40. The summed E-state index contributed by atoms with van der Waals surface area (Å²) in [5, 5.41) is 5.12. The van der Waals surface area contributed by atoms with E-state index >= 15 is 0 Å². The number of aliphatic imine (C=N–C) groups is 1. The van der Waals surface area contributed by atoms with Crippen LogP contribution in [0.2, 0.25) is 0 Å².